The average molecular weight is 249 g/mol. The normalized spacial score (nSPS) is 11.8. The minimum atomic E-state index is -0.997. The maximum atomic E-state index is 11.2. The Morgan fingerprint density at radius 3 is 2.73 bits per heavy atom. The van der Waals surface area contributed by atoms with Crippen LogP contribution in [0.25, 0.3) is 0 Å². The van der Waals surface area contributed by atoms with Crippen LogP contribution in [-0.4, -0.2) is 35.0 Å². The molecule has 0 aromatic carbocycles. The van der Waals surface area contributed by atoms with E-state index in [2.05, 4.69) is 11.9 Å². The second-order valence-corrected chi connectivity index (χ2v) is 5.35. The van der Waals surface area contributed by atoms with Gasteiger partial charge >= 0.3 is 5.97 Å². The lowest BCUT2D eigenvalue weighted by Gasteiger charge is -2.12. The number of carbonyl (C=O) groups excluding carboxylic acids is 1. The van der Waals surface area contributed by atoms with Gasteiger partial charge < -0.3 is 10.4 Å². The van der Waals surface area contributed by atoms with E-state index in [1.54, 1.807) is 6.08 Å². The van der Waals surface area contributed by atoms with Crippen molar-refractivity contribution in [3.05, 3.63) is 12.7 Å². The molecule has 0 fully saturated rings. The number of aliphatic carboxylic acids is 1. The van der Waals surface area contributed by atoms with Crippen molar-refractivity contribution >= 4 is 33.5 Å². The number of rotatable bonds is 8. The summed E-state index contributed by atoms with van der Waals surface area (Å²) in [6.07, 6.45) is 4.35. The van der Waals surface area contributed by atoms with E-state index in [0.717, 1.165) is 0 Å². The van der Waals surface area contributed by atoms with Crippen molar-refractivity contribution < 1.29 is 14.7 Å². The third-order valence-electron chi connectivity index (χ3n) is 1.56. The topological polar surface area (TPSA) is 66.4 Å². The van der Waals surface area contributed by atoms with Gasteiger partial charge in [0.2, 0.25) is 5.91 Å². The van der Waals surface area contributed by atoms with Gasteiger partial charge in [-0.05, 0) is 12.7 Å². The minimum absolute atomic E-state index is 0.246. The van der Waals surface area contributed by atoms with Gasteiger partial charge in [-0.3, -0.25) is 4.79 Å². The molecule has 0 aliphatic rings. The second kappa shape index (κ2) is 8.67. The molecule has 0 saturated carbocycles. The fraction of sp³-hybridized carbons (Fsp3) is 0.556. The van der Waals surface area contributed by atoms with Crippen LogP contribution in [0.4, 0.5) is 0 Å². The van der Waals surface area contributed by atoms with E-state index in [1.165, 1.54) is 21.6 Å². The van der Waals surface area contributed by atoms with E-state index < -0.39 is 12.0 Å². The fourth-order valence-electron chi connectivity index (χ4n) is 0.810. The average Bonchev–Trinajstić information content (AvgIpc) is 2.20. The highest BCUT2D eigenvalue weighted by Crippen LogP contribution is 2.17. The number of allylic oxidation sites excluding steroid dienone is 1. The highest BCUT2D eigenvalue weighted by Gasteiger charge is 2.19. The second-order valence-electron chi connectivity index (χ2n) is 2.74. The van der Waals surface area contributed by atoms with Gasteiger partial charge in [-0.2, -0.15) is 0 Å². The van der Waals surface area contributed by atoms with Crippen LogP contribution in [0.2, 0.25) is 0 Å². The zero-order chi connectivity index (χ0) is 11.7. The van der Waals surface area contributed by atoms with Crippen molar-refractivity contribution in [1.29, 1.82) is 0 Å². The molecule has 1 unspecified atom stereocenters. The Kier molecular flexibility index (Phi) is 8.31. The lowest BCUT2D eigenvalue weighted by molar-refractivity contribution is -0.141. The Hall–Kier alpha value is -0.620. The Bertz CT molecular complexity index is 233. The maximum Gasteiger partial charge on any atom is 0.327 e. The van der Waals surface area contributed by atoms with E-state index in [0.29, 0.717) is 12.2 Å². The largest absolute Gasteiger partial charge is 0.480 e. The molecule has 1 atom stereocenters. The zero-order valence-corrected chi connectivity index (χ0v) is 10.2. The number of carbonyl (C=O) groups is 2. The van der Waals surface area contributed by atoms with Crippen LogP contribution in [-0.2, 0) is 9.59 Å². The minimum Gasteiger partial charge on any atom is -0.480 e. The summed E-state index contributed by atoms with van der Waals surface area (Å²) in [5.74, 6) is -0.872. The molecule has 6 heteroatoms. The van der Waals surface area contributed by atoms with E-state index in [9.17, 15) is 9.59 Å². The number of carboxylic acids is 1. The SMILES string of the molecule is C=CCCC(=O)NC(CSSC)C(=O)O. The summed E-state index contributed by atoms with van der Waals surface area (Å²) in [5.41, 5.74) is 0. The lowest BCUT2D eigenvalue weighted by atomic mass is 10.2. The summed E-state index contributed by atoms with van der Waals surface area (Å²) >= 11 is 0. The summed E-state index contributed by atoms with van der Waals surface area (Å²) in [5, 5.41) is 11.3. The summed E-state index contributed by atoms with van der Waals surface area (Å²) in [6, 6.07) is -0.806. The van der Waals surface area contributed by atoms with Crippen molar-refractivity contribution in [2.45, 2.75) is 18.9 Å². The summed E-state index contributed by atoms with van der Waals surface area (Å²) in [4.78, 5) is 22.0. The summed E-state index contributed by atoms with van der Waals surface area (Å²) in [6.45, 7) is 3.49. The molecule has 0 bridgehead atoms. The number of hydrogen-bond acceptors (Lipinski definition) is 4. The van der Waals surface area contributed by atoms with E-state index in [1.807, 2.05) is 6.26 Å². The fourth-order valence-corrected chi connectivity index (χ4v) is 2.13. The van der Waals surface area contributed by atoms with Crippen LogP contribution >= 0.6 is 21.6 Å². The van der Waals surface area contributed by atoms with Crippen molar-refractivity contribution in [2.75, 3.05) is 12.0 Å². The highest BCUT2D eigenvalue weighted by atomic mass is 33.1. The predicted molar refractivity (Wildman–Crippen MR) is 65.0 cm³/mol. The van der Waals surface area contributed by atoms with Crippen LogP contribution in [0.15, 0.2) is 12.7 Å². The van der Waals surface area contributed by atoms with Crippen LogP contribution < -0.4 is 5.32 Å². The molecule has 0 rings (SSSR count). The lowest BCUT2D eigenvalue weighted by Crippen LogP contribution is -2.42. The smallest absolute Gasteiger partial charge is 0.327 e. The van der Waals surface area contributed by atoms with Gasteiger partial charge in [-0.15, -0.1) is 6.58 Å². The zero-order valence-electron chi connectivity index (χ0n) is 8.56. The molecule has 0 aromatic heterocycles. The first kappa shape index (κ1) is 14.4. The van der Waals surface area contributed by atoms with E-state index in [-0.39, 0.29) is 12.3 Å². The molecule has 2 N–H and O–H groups in total. The first-order chi connectivity index (χ1) is 7.11. The maximum absolute atomic E-state index is 11.2. The molecule has 86 valence electrons. The first-order valence-electron chi connectivity index (χ1n) is 4.40. The Morgan fingerprint density at radius 2 is 2.27 bits per heavy atom. The molecule has 4 nitrogen and oxygen atoms in total. The quantitative estimate of drug-likeness (QED) is 0.504. The standard InChI is InChI=1S/C9H15NO3S2/c1-3-4-5-8(11)10-7(9(12)13)6-15-14-2/h3,7H,1,4-6H2,2H3,(H,10,11)(H,12,13). The molecule has 0 spiro atoms. The van der Waals surface area contributed by atoms with E-state index >= 15 is 0 Å². The van der Waals surface area contributed by atoms with Gasteiger partial charge in [0.05, 0.1) is 0 Å². The molecule has 1 amide bonds. The van der Waals surface area contributed by atoms with Gasteiger partial charge in [-0.25, -0.2) is 4.79 Å². The molecular weight excluding hydrogens is 234 g/mol. The van der Waals surface area contributed by atoms with Crippen LogP contribution in [0.1, 0.15) is 12.8 Å². The third-order valence-corrected chi connectivity index (χ3v) is 3.38. The van der Waals surface area contributed by atoms with Crippen LogP contribution in [0, 0.1) is 0 Å². The Morgan fingerprint density at radius 1 is 1.60 bits per heavy atom. The molecule has 0 saturated heterocycles. The molecule has 15 heavy (non-hydrogen) atoms. The third kappa shape index (κ3) is 7.33. The van der Waals surface area contributed by atoms with Gasteiger partial charge in [0.15, 0.2) is 0 Å². The monoisotopic (exact) mass is 249 g/mol. The Balaban J connectivity index is 3.98. The number of carboxylic acid groups (broad SMARTS) is 1. The van der Waals surface area contributed by atoms with E-state index in [4.69, 9.17) is 5.11 Å². The molecule has 0 aliphatic carbocycles. The highest BCUT2D eigenvalue weighted by molar-refractivity contribution is 8.76. The van der Waals surface area contributed by atoms with Crippen LogP contribution in [0.3, 0.4) is 0 Å². The molecule has 0 heterocycles. The van der Waals surface area contributed by atoms with Crippen molar-refractivity contribution in [3.8, 4) is 0 Å². The molecule has 0 radical (unpaired) electrons. The number of nitrogens with one attached hydrogen (secondary N) is 1. The summed E-state index contributed by atoms with van der Waals surface area (Å²) in [7, 11) is 2.89. The predicted octanol–water partition coefficient (Wildman–Crippen LogP) is 1.53. The van der Waals surface area contributed by atoms with Crippen molar-refractivity contribution in [3.63, 3.8) is 0 Å². The van der Waals surface area contributed by atoms with Gasteiger partial charge in [-0.1, -0.05) is 27.7 Å². The number of amides is 1. The van der Waals surface area contributed by atoms with Gasteiger partial charge in [0, 0.05) is 12.2 Å². The molecule has 0 aliphatic heterocycles. The molecular formula is C9H15NO3S2. The van der Waals surface area contributed by atoms with Gasteiger partial charge in [0.1, 0.15) is 6.04 Å². The van der Waals surface area contributed by atoms with Crippen molar-refractivity contribution in [1.82, 2.24) is 5.32 Å². The van der Waals surface area contributed by atoms with Crippen LogP contribution in [0.5, 0.6) is 0 Å². The Labute approximate surface area is 97.3 Å². The number of hydrogen-bond donors (Lipinski definition) is 2. The van der Waals surface area contributed by atoms with Crippen molar-refractivity contribution in [2.24, 2.45) is 0 Å². The summed E-state index contributed by atoms with van der Waals surface area (Å²) < 4.78 is 0. The molecule has 0 aromatic rings. The van der Waals surface area contributed by atoms with Gasteiger partial charge in [0.25, 0.3) is 0 Å². The first-order valence-corrected chi connectivity index (χ1v) is 7.13.